The van der Waals surface area contributed by atoms with Gasteiger partial charge in [0.2, 0.25) is 5.91 Å². The monoisotopic (exact) mass is 499 g/mol. The Hall–Kier alpha value is -1.01. The summed E-state index contributed by atoms with van der Waals surface area (Å²) in [5, 5.41) is 0.893. The number of aryl methyl sites for hydroxylation is 1. The molecule has 0 aromatic carbocycles. The first-order valence-corrected chi connectivity index (χ1v) is 15.2. The highest BCUT2D eigenvalue weighted by molar-refractivity contribution is 7.99. The van der Waals surface area contributed by atoms with E-state index in [0.717, 1.165) is 41.8 Å². The van der Waals surface area contributed by atoms with Gasteiger partial charge in [-0.1, -0.05) is 38.5 Å². The number of carbonyl (C=O) groups excluding carboxylic acids is 1. The predicted octanol–water partition coefficient (Wildman–Crippen LogP) is 6.28. The highest BCUT2D eigenvalue weighted by Crippen LogP contribution is 2.70. The molecule has 6 heteroatoms. The maximum atomic E-state index is 13.5. The van der Waals surface area contributed by atoms with Gasteiger partial charge in [0.1, 0.15) is 5.72 Å². The molecule has 0 radical (unpaired) electrons. The first-order chi connectivity index (χ1) is 16.6. The lowest BCUT2D eigenvalue weighted by Gasteiger charge is -2.61. The van der Waals surface area contributed by atoms with Crippen LogP contribution in [0.5, 0.6) is 0 Å². The van der Waals surface area contributed by atoms with Gasteiger partial charge < -0.3 is 14.2 Å². The molecule has 6 rings (SSSR count). The Morgan fingerprint density at radius 1 is 1.06 bits per heavy atom. The fraction of sp³-hybridized carbons (Fsp3) is 0.862. The van der Waals surface area contributed by atoms with E-state index in [1.54, 1.807) is 6.20 Å². The van der Waals surface area contributed by atoms with Crippen LogP contribution in [0.1, 0.15) is 91.9 Å². The number of hydrogen-bond donors (Lipinski definition) is 0. The number of rotatable bonds is 3. The largest absolute Gasteiger partial charge is 0.347 e. The number of amides is 1. The molecular formula is C29H45N3O2S. The predicted molar refractivity (Wildman–Crippen MR) is 140 cm³/mol. The Morgan fingerprint density at radius 3 is 2.63 bits per heavy atom. The van der Waals surface area contributed by atoms with Gasteiger partial charge in [0.05, 0.1) is 17.9 Å². The third-order valence-corrected chi connectivity index (χ3v) is 12.8. The highest BCUT2D eigenvalue weighted by Gasteiger charge is 2.69. The fourth-order valence-corrected chi connectivity index (χ4v) is 10.7. The minimum atomic E-state index is -0.555. The normalized spacial score (nSPS) is 44.2. The van der Waals surface area contributed by atoms with Crippen molar-refractivity contribution in [1.29, 1.82) is 0 Å². The summed E-state index contributed by atoms with van der Waals surface area (Å²) >= 11 is 1.53. The molecule has 194 valence electrons. The minimum absolute atomic E-state index is 0.172. The van der Waals surface area contributed by atoms with Crippen LogP contribution in [0.4, 0.5) is 0 Å². The van der Waals surface area contributed by atoms with Gasteiger partial charge in [-0.3, -0.25) is 4.79 Å². The summed E-state index contributed by atoms with van der Waals surface area (Å²) in [5.74, 6) is 4.05. The molecular weight excluding hydrogens is 454 g/mol. The molecule has 5 fully saturated rings. The van der Waals surface area contributed by atoms with Gasteiger partial charge in [-0.05, 0) is 94.3 Å². The second-order valence-corrected chi connectivity index (χ2v) is 14.5. The molecule has 7 atom stereocenters. The van der Waals surface area contributed by atoms with Crippen LogP contribution in [0.3, 0.4) is 0 Å². The van der Waals surface area contributed by atoms with Crippen molar-refractivity contribution in [3.05, 3.63) is 12.4 Å². The van der Waals surface area contributed by atoms with Crippen molar-refractivity contribution in [2.75, 3.05) is 12.3 Å². The Bertz CT molecular complexity index is 992. The lowest BCUT2D eigenvalue weighted by atomic mass is 9.44. The number of fused-ring (bicyclic) bond motifs is 6. The third kappa shape index (κ3) is 3.51. The van der Waals surface area contributed by atoms with Crippen LogP contribution in [0, 0.1) is 34.5 Å². The van der Waals surface area contributed by atoms with Crippen molar-refractivity contribution < 1.29 is 9.53 Å². The number of aromatic nitrogens is 2. The van der Waals surface area contributed by atoms with Crippen LogP contribution in [-0.4, -0.2) is 44.0 Å². The third-order valence-electron chi connectivity index (χ3n) is 11.8. The quantitative estimate of drug-likeness (QED) is 0.459. The van der Waals surface area contributed by atoms with E-state index in [-0.39, 0.29) is 16.9 Å². The number of hydrogen-bond acceptors (Lipinski definition) is 4. The Kier molecular flexibility index (Phi) is 5.73. The van der Waals surface area contributed by atoms with E-state index >= 15 is 0 Å². The summed E-state index contributed by atoms with van der Waals surface area (Å²) in [6, 6.07) is 0. The second-order valence-electron chi connectivity index (χ2n) is 13.5. The molecule has 1 aliphatic heterocycles. The lowest BCUT2D eigenvalue weighted by molar-refractivity contribution is -0.188. The molecule has 4 saturated carbocycles. The fourth-order valence-electron chi connectivity index (χ4n) is 9.91. The zero-order valence-corrected chi connectivity index (χ0v) is 23.3. The molecule has 5 nitrogen and oxygen atoms in total. The average Bonchev–Trinajstić information content (AvgIpc) is 3.44. The Balaban J connectivity index is 1.22. The molecule has 2 heterocycles. The zero-order chi connectivity index (χ0) is 24.6. The van der Waals surface area contributed by atoms with Gasteiger partial charge in [-0.2, -0.15) is 0 Å². The summed E-state index contributed by atoms with van der Waals surface area (Å²) in [7, 11) is 1.98. The van der Waals surface area contributed by atoms with E-state index in [4.69, 9.17) is 4.74 Å². The first kappa shape index (κ1) is 24.3. The van der Waals surface area contributed by atoms with E-state index in [1.165, 1.54) is 69.5 Å². The number of carbonyl (C=O) groups is 1. The van der Waals surface area contributed by atoms with Crippen LogP contribution in [-0.2, 0) is 16.6 Å². The van der Waals surface area contributed by atoms with Gasteiger partial charge in [0.15, 0.2) is 5.16 Å². The Morgan fingerprint density at radius 2 is 1.86 bits per heavy atom. The summed E-state index contributed by atoms with van der Waals surface area (Å²) in [5.41, 5.74) is -0.00948. The summed E-state index contributed by atoms with van der Waals surface area (Å²) < 4.78 is 9.03. The molecule has 1 spiro atoms. The molecule has 0 bridgehead atoms. The van der Waals surface area contributed by atoms with E-state index < -0.39 is 5.72 Å². The van der Waals surface area contributed by atoms with Gasteiger partial charge >= 0.3 is 0 Å². The number of imidazole rings is 1. The van der Waals surface area contributed by atoms with Gasteiger partial charge in [-0.15, -0.1) is 0 Å². The lowest BCUT2D eigenvalue weighted by Crippen LogP contribution is -2.57. The van der Waals surface area contributed by atoms with Crippen LogP contribution < -0.4 is 0 Å². The van der Waals surface area contributed by atoms with Crippen molar-refractivity contribution in [3.63, 3.8) is 0 Å². The summed E-state index contributed by atoms with van der Waals surface area (Å²) in [6.07, 6.45) is 17.4. The summed E-state index contributed by atoms with van der Waals surface area (Å²) in [6.45, 7) is 10.2. The standard InChI is InChI=1S/C29H45N3O2S/c1-26(2)32(24(33)18-35-25-30-16-17-31(25)5)19-29(34-26)15-12-23-21-10-9-20-8-6-7-13-27(20,3)22(21)11-14-28(23,29)4/h16-17,20-23H,6-15,18-19H2,1-5H3. The van der Waals surface area contributed by atoms with Crippen LogP contribution in [0.2, 0.25) is 0 Å². The molecule has 1 aromatic rings. The van der Waals surface area contributed by atoms with Crippen LogP contribution >= 0.6 is 11.8 Å². The average molecular weight is 500 g/mol. The van der Waals surface area contributed by atoms with Gasteiger partial charge in [0.25, 0.3) is 0 Å². The van der Waals surface area contributed by atoms with Gasteiger partial charge in [0, 0.05) is 24.9 Å². The van der Waals surface area contributed by atoms with E-state index in [0.29, 0.717) is 11.2 Å². The first-order valence-electron chi connectivity index (χ1n) is 14.2. The summed E-state index contributed by atoms with van der Waals surface area (Å²) in [4.78, 5) is 19.9. The van der Waals surface area contributed by atoms with Crippen LogP contribution in [0.15, 0.2) is 17.6 Å². The maximum Gasteiger partial charge on any atom is 0.235 e. The van der Waals surface area contributed by atoms with Crippen molar-refractivity contribution in [1.82, 2.24) is 14.5 Å². The number of thioether (sulfide) groups is 1. The molecule has 1 saturated heterocycles. The van der Waals surface area contributed by atoms with Gasteiger partial charge in [-0.25, -0.2) is 4.98 Å². The van der Waals surface area contributed by atoms with Crippen LogP contribution in [0.25, 0.3) is 0 Å². The minimum Gasteiger partial charge on any atom is -0.347 e. The molecule has 4 aliphatic carbocycles. The zero-order valence-electron chi connectivity index (χ0n) is 22.5. The smallest absolute Gasteiger partial charge is 0.235 e. The van der Waals surface area contributed by atoms with E-state index in [1.807, 2.05) is 17.8 Å². The number of nitrogens with zero attached hydrogens (tertiary/aromatic N) is 3. The molecule has 1 aromatic heterocycles. The highest BCUT2D eigenvalue weighted by atomic mass is 32.2. The topological polar surface area (TPSA) is 47.4 Å². The number of ether oxygens (including phenoxy) is 1. The SMILES string of the molecule is Cn1ccnc1SCC(=O)N1CC2(CCC3C4CCC5CCCCC5(C)C4CCC32C)OC1(C)C. The van der Waals surface area contributed by atoms with Crippen molar-refractivity contribution in [3.8, 4) is 0 Å². The molecule has 7 unspecified atom stereocenters. The maximum absolute atomic E-state index is 13.5. The molecule has 0 N–H and O–H groups in total. The van der Waals surface area contributed by atoms with E-state index in [9.17, 15) is 4.79 Å². The second kappa shape index (κ2) is 8.24. The Labute approximate surface area is 216 Å². The molecule has 5 aliphatic rings. The van der Waals surface area contributed by atoms with Crippen molar-refractivity contribution in [2.45, 2.75) is 108 Å². The van der Waals surface area contributed by atoms with Crippen molar-refractivity contribution >= 4 is 17.7 Å². The van der Waals surface area contributed by atoms with Crippen molar-refractivity contribution in [2.24, 2.45) is 41.5 Å². The van der Waals surface area contributed by atoms with E-state index in [2.05, 4.69) is 37.6 Å². The molecule has 35 heavy (non-hydrogen) atoms. The molecule has 1 amide bonds.